The SMILES string of the molecule is CC(C)=CCNC(=O)N[C@H](Cc1ccc(O)cc1)C(=O)O. The molecule has 0 bridgehead atoms. The van der Waals surface area contributed by atoms with E-state index in [0.29, 0.717) is 12.1 Å². The van der Waals surface area contributed by atoms with Crippen LogP contribution in [0.4, 0.5) is 4.79 Å². The number of carboxylic acids is 1. The zero-order valence-corrected chi connectivity index (χ0v) is 12.1. The van der Waals surface area contributed by atoms with Gasteiger partial charge in [0, 0.05) is 13.0 Å². The number of allylic oxidation sites excluding steroid dienone is 1. The lowest BCUT2D eigenvalue weighted by molar-refractivity contribution is -0.139. The minimum absolute atomic E-state index is 0.109. The summed E-state index contributed by atoms with van der Waals surface area (Å²) in [7, 11) is 0. The molecule has 0 aliphatic rings. The van der Waals surface area contributed by atoms with Gasteiger partial charge < -0.3 is 20.8 Å². The van der Waals surface area contributed by atoms with Crippen molar-refractivity contribution in [3.8, 4) is 5.75 Å². The Labute approximate surface area is 123 Å². The number of amides is 2. The molecule has 6 nitrogen and oxygen atoms in total. The quantitative estimate of drug-likeness (QED) is 0.599. The van der Waals surface area contributed by atoms with Crippen LogP contribution < -0.4 is 10.6 Å². The predicted molar refractivity (Wildman–Crippen MR) is 79.2 cm³/mol. The molecule has 0 aliphatic heterocycles. The first-order valence-electron chi connectivity index (χ1n) is 6.57. The normalized spacial score (nSPS) is 11.3. The molecule has 0 aliphatic carbocycles. The number of carboxylic acid groups (broad SMARTS) is 1. The van der Waals surface area contributed by atoms with Gasteiger partial charge in [-0.1, -0.05) is 23.8 Å². The fourth-order valence-corrected chi connectivity index (χ4v) is 1.62. The van der Waals surface area contributed by atoms with E-state index in [2.05, 4.69) is 10.6 Å². The molecule has 21 heavy (non-hydrogen) atoms. The Kier molecular flexibility index (Phi) is 6.26. The van der Waals surface area contributed by atoms with Crippen molar-refractivity contribution in [2.75, 3.05) is 6.54 Å². The summed E-state index contributed by atoms with van der Waals surface area (Å²) in [6.07, 6.45) is 1.97. The van der Waals surface area contributed by atoms with E-state index in [1.165, 1.54) is 12.1 Å². The maximum atomic E-state index is 11.6. The highest BCUT2D eigenvalue weighted by molar-refractivity contribution is 5.82. The molecule has 4 N–H and O–H groups in total. The molecular formula is C15H20N2O4. The molecule has 0 saturated heterocycles. The van der Waals surface area contributed by atoms with Gasteiger partial charge >= 0.3 is 12.0 Å². The molecule has 0 heterocycles. The van der Waals surface area contributed by atoms with E-state index in [-0.39, 0.29) is 12.2 Å². The zero-order chi connectivity index (χ0) is 15.8. The first kappa shape index (κ1) is 16.6. The Hall–Kier alpha value is -2.50. The van der Waals surface area contributed by atoms with Crippen molar-refractivity contribution in [2.24, 2.45) is 0 Å². The van der Waals surface area contributed by atoms with Crippen LogP contribution in [0.25, 0.3) is 0 Å². The highest BCUT2D eigenvalue weighted by Gasteiger charge is 2.20. The van der Waals surface area contributed by atoms with E-state index in [0.717, 1.165) is 5.57 Å². The molecular weight excluding hydrogens is 272 g/mol. The lowest BCUT2D eigenvalue weighted by Crippen LogP contribution is -2.47. The lowest BCUT2D eigenvalue weighted by Gasteiger charge is -2.15. The largest absolute Gasteiger partial charge is 0.508 e. The minimum atomic E-state index is -1.11. The summed E-state index contributed by atoms with van der Waals surface area (Å²) in [5.74, 6) is -1.00. The lowest BCUT2D eigenvalue weighted by atomic mass is 10.1. The van der Waals surface area contributed by atoms with Crippen LogP contribution in [0.5, 0.6) is 5.75 Å². The number of phenolic OH excluding ortho intramolecular Hbond substituents is 1. The van der Waals surface area contributed by atoms with Crippen LogP contribution in [0.3, 0.4) is 0 Å². The highest BCUT2D eigenvalue weighted by Crippen LogP contribution is 2.11. The van der Waals surface area contributed by atoms with Gasteiger partial charge in [-0.2, -0.15) is 0 Å². The molecule has 0 unspecified atom stereocenters. The van der Waals surface area contributed by atoms with Gasteiger partial charge in [0.2, 0.25) is 0 Å². The number of carbonyl (C=O) groups excluding carboxylic acids is 1. The van der Waals surface area contributed by atoms with Gasteiger partial charge in [-0.3, -0.25) is 0 Å². The summed E-state index contributed by atoms with van der Waals surface area (Å²) in [6, 6.07) is 4.63. The third kappa shape index (κ3) is 6.47. The summed E-state index contributed by atoms with van der Waals surface area (Å²) in [4.78, 5) is 22.8. The smallest absolute Gasteiger partial charge is 0.326 e. The van der Waals surface area contributed by atoms with Crippen LogP contribution in [0.1, 0.15) is 19.4 Å². The average molecular weight is 292 g/mol. The Morgan fingerprint density at radius 1 is 1.24 bits per heavy atom. The second-order valence-electron chi connectivity index (χ2n) is 4.90. The van der Waals surface area contributed by atoms with E-state index < -0.39 is 18.0 Å². The topological polar surface area (TPSA) is 98.7 Å². The van der Waals surface area contributed by atoms with Crippen molar-refractivity contribution in [1.29, 1.82) is 0 Å². The molecule has 1 atom stereocenters. The maximum Gasteiger partial charge on any atom is 0.326 e. The summed E-state index contributed by atoms with van der Waals surface area (Å²) >= 11 is 0. The third-order valence-corrected chi connectivity index (χ3v) is 2.75. The highest BCUT2D eigenvalue weighted by atomic mass is 16.4. The van der Waals surface area contributed by atoms with E-state index in [1.807, 2.05) is 19.9 Å². The van der Waals surface area contributed by atoms with E-state index in [1.54, 1.807) is 12.1 Å². The van der Waals surface area contributed by atoms with Crippen LogP contribution in [-0.2, 0) is 11.2 Å². The van der Waals surface area contributed by atoms with Crippen LogP contribution in [0.15, 0.2) is 35.9 Å². The van der Waals surface area contributed by atoms with Gasteiger partial charge in [0.25, 0.3) is 0 Å². The first-order valence-corrected chi connectivity index (χ1v) is 6.57. The molecule has 0 saturated carbocycles. The molecule has 0 spiro atoms. The third-order valence-electron chi connectivity index (χ3n) is 2.75. The standard InChI is InChI=1S/C15H20N2O4/c1-10(2)7-8-16-15(21)17-13(14(19)20)9-11-3-5-12(18)6-4-11/h3-7,13,18H,8-9H2,1-2H3,(H,19,20)(H2,16,17,21)/t13-/m1/s1. The van der Waals surface area contributed by atoms with Gasteiger partial charge in [-0.15, -0.1) is 0 Å². The number of hydrogen-bond acceptors (Lipinski definition) is 3. The number of phenols is 1. The summed E-state index contributed by atoms with van der Waals surface area (Å²) < 4.78 is 0. The Balaban J connectivity index is 2.57. The molecule has 2 amide bonds. The van der Waals surface area contributed by atoms with Gasteiger partial charge in [0.05, 0.1) is 0 Å². The van der Waals surface area contributed by atoms with Gasteiger partial charge in [-0.25, -0.2) is 9.59 Å². The fraction of sp³-hybridized carbons (Fsp3) is 0.333. The first-order chi connectivity index (χ1) is 9.88. The number of carbonyl (C=O) groups is 2. The molecule has 1 aromatic carbocycles. The Morgan fingerprint density at radius 2 is 1.86 bits per heavy atom. The van der Waals surface area contributed by atoms with Crippen LogP contribution in [-0.4, -0.2) is 34.8 Å². The molecule has 6 heteroatoms. The number of urea groups is 1. The Bertz CT molecular complexity index is 519. The van der Waals surface area contributed by atoms with Crippen LogP contribution in [0.2, 0.25) is 0 Å². The summed E-state index contributed by atoms with van der Waals surface area (Å²) in [5, 5.41) is 23.3. The second kappa shape index (κ2) is 7.94. The monoisotopic (exact) mass is 292 g/mol. The minimum Gasteiger partial charge on any atom is -0.508 e. The number of nitrogens with one attached hydrogen (secondary N) is 2. The molecule has 1 rings (SSSR count). The van der Waals surface area contributed by atoms with Crippen molar-refractivity contribution in [3.05, 3.63) is 41.5 Å². The van der Waals surface area contributed by atoms with Crippen molar-refractivity contribution in [3.63, 3.8) is 0 Å². The van der Waals surface area contributed by atoms with E-state index >= 15 is 0 Å². The Morgan fingerprint density at radius 3 is 2.38 bits per heavy atom. The van der Waals surface area contributed by atoms with Crippen molar-refractivity contribution < 1.29 is 19.8 Å². The summed E-state index contributed by atoms with van der Waals surface area (Å²) in [6.45, 7) is 4.16. The second-order valence-corrected chi connectivity index (χ2v) is 4.90. The van der Waals surface area contributed by atoms with E-state index in [9.17, 15) is 14.7 Å². The number of hydrogen-bond donors (Lipinski definition) is 4. The van der Waals surface area contributed by atoms with Crippen LogP contribution in [0, 0.1) is 0 Å². The van der Waals surface area contributed by atoms with Crippen molar-refractivity contribution in [1.82, 2.24) is 10.6 Å². The molecule has 1 aromatic rings. The molecule has 0 radical (unpaired) electrons. The average Bonchev–Trinajstić information content (AvgIpc) is 2.40. The van der Waals surface area contributed by atoms with Gasteiger partial charge in [0.1, 0.15) is 11.8 Å². The number of benzene rings is 1. The van der Waals surface area contributed by atoms with E-state index in [4.69, 9.17) is 5.11 Å². The summed E-state index contributed by atoms with van der Waals surface area (Å²) in [5.41, 5.74) is 1.78. The van der Waals surface area contributed by atoms with Crippen LogP contribution >= 0.6 is 0 Å². The predicted octanol–water partition coefficient (Wildman–Crippen LogP) is 1.65. The molecule has 114 valence electrons. The van der Waals surface area contributed by atoms with Crippen molar-refractivity contribution >= 4 is 12.0 Å². The molecule has 0 aromatic heterocycles. The van der Waals surface area contributed by atoms with Gasteiger partial charge in [0.15, 0.2) is 0 Å². The maximum absolute atomic E-state index is 11.6. The van der Waals surface area contributed by atoms with Crippen molar-refractivity contribution in [2.45, 2.75) is 26.3 Å². The number of aliphatic carboxylic acids is 1. The number of rotatable bonds is 6. The number of aromatic hydroxyl groups is 1. The molecule has 0 fully saturated rings. The zero-order valence-electron chi connectivity index (χ0n) is 12.1. The fourth-order valence-electron chi connectivity index (χ4n) is 1.62. The van der Waals surface area contributed by atoms with Gasteiger partial charge in [-0.05, 0) is 31.5 Å².